The summed E-state index contributed by atoms with van der Waals surface area (Å²) >= 11 is 1.22. The number of carbonyl (C=O) groups excluding carboxylic acids is 2. The van der Waals surface area contributed by atoms with E-state index in [-0.39, 0.29) is 24.2 Å². The van der Waals surface area contributed by atoms with E-state index in [2.05, 4.69) is 15.6 Å². The number of hydrogen-bond donors (Lipinski definition) is 2. The van der Waals surface area contributed by atoms with E-state index in [1.807, 2.05) is 0 Å². The fraction of sp³-hybridized carbons (Fsp3) is 0.190. The van der Waals surface area contributed by atoms with Crippen LogP contribution in [0.3, 0.4) is 0 Å². The first kappa shape index (κ1) is 19.8. The number of amides is 2. The van der Waals surface area contributed by atoms with Crippen molar-refractivity contribution in [2.24, 2.45) is 0 Å². The van der Waals surface area contributed by atoms with E-state index in [4.69, 9.17) is 9.47 Å². The van der Waals surface area contributed by atoms with Gasteiger partial charge in [-0.2, -0.15) is 0 Å². The first-order valence-electron chi connectivity index (χ1n) is 9.16. The van der Waals surface area contributed by atoms with Crippen molar-refractivity contribution in [3.63, 3.8) is 0 Å². The molecule has 0 radical (unpaired) electrons. The maximum atomic E-state index is 13.0. The van der Waals surface area contributed by atoms with Crippen molar-refractivity contribution >= 4 is 34.5 Å². The average Bonchev–Trinajstić information content (AvgIpc) is 3.09. The molecule has 7 nitrogen and oxygen atoms in total. The summed E-state index contributed by atoms with van der Waals surface area (Å²) in [6.45, 7) is 3.58. The lowest BCUT2D eigenvalue weighted by molar-refractivity contribution is -0.122. The Morgan fingerprint density at radius 2 is 2.07 bits per heavy atom. The molecule has 9 heteroatoms. The third-order valence-corrected chi connectivity index (χ3v) is 5.52. The van der Waals surface area contributed by atoms with Crippen molar-refractivity contribution < 1.29 is 23.5 Å². The van der Waals surface area contributed by atoms with Crippen LogP contribution in [0.4, 0.5) is 15.8 Å². The number of nitrogens with zero attached hydrogens (tertiary/aromatic N) is 1. The highest BCUT2D eigenvalue weighted by atomic mass is 32.1. The molecule has 0 fully saturated rings. The number of benzene rings is 2. The SMILES string of the molecule is Cc1nc(COc2ccc(F)cc2)sc1C(=O)Nc1ccc2c(c1)NC(=O)[C@H](C)O2. The molecule has 0 aliphatic carbocycles. The van der Waals surface area contributed by atoms with Crippen molar-refractivity contribution in [2.75, 3.05) is 10.6 Å². The predicted octanol–water partition coefficient (Wildman–Crippen LogP) is 4.14. The van der Waals surface area contributed by atoms with Gasteiger partial charge in [-0.15, -0.1) is 11.3 Å². The number of halogens is 1. The maximum Gasteiger partial charge on any atom is 0.267 e. The molecule has 1 aliphatic rings. The molecule has 0 saturated heterocycles. The van der Waals surface area contributed by atoms with Gasteiger partial charge in [-0.25, -0.2) is 9.37 Å². The molecule has 2 aromatic carbocycles. The minimum absolute atomic E-state index is 0.171. The molecule has 0 saturated carbocycles. The molecule has 1 aromatic heterocycles. The molecule has 154 valence electrons. The zero-order chi connectivity index (χ0) is 21.3. The molecule has 0 bridgehead atoms. The molecule has 2 heterocycles. The number of fused-ring (bicyclic) bond motifs is 1. The van der Waals surface area contributed by atoms with Crippen molar-refractivity contribution in [1.82, 2.24) is 4.98 Å². The Labute approximate surface area is 175 Å². The van der Waals surface area contributed by atoms with Gasteiger partial charge in [-0.1, -0.05) is 0 Å². The van der Waals surface area contributed by atoms with E-state index in [0.717, 1.165) is 0 Å². The number of aryl methyl sites for hydroxylation is 1. The first-order valence-corrected chi connectivity index (χ1v) is 9.98. The Morgan fingerprint density at radius 1 is 1.30 bits per heavy atom. The molecule has 3 aromatic rings. The number of carbonyl (C=O) groups is 2. The predicted molar refractivity (Wildman–Crippen MR) is 111 cm³/mol. The standard InChI is InChI=1S/C21H18FN3O4S/c1-11-19(30-18(23-11)10-28-15-6-3-13(22)4-7-15)21(27)24-14-5-8-17-16(9-14)25-20(26)12(2)29-17/h3-9,12H,10H2,1-2H3,(H,24,27)(H,25,26)/t12-/m0/s1. The molecular formula is C21H18FN3O4S. The number of anilines is 2. The van der Waals surface area contributed by atoms with Gasteiger partial charge in [0.05, 0.1) is 11.4 Å². The van der Waals surface area contributed by atoms with Gasteiger partial charge in [0.15, 0.2) is 6.10 Å². The third kappa shape index (κ3) is 4.25. The van der Waals surface area contributed by atoms with Crippen molar-refractivity contribution in [3.05, 3.63) is 63.9 Å². The summed E-state index contributed by atoms with van der Waals surface area (Å²) in [6.07, 6.45) is -0.562. The van der Waals surface area contributed by atoms with Crippen LogP contribution in [0, 0.1) is 12.7 Å². The van der Waals surface area contributed by atoms with E-state index in [1.54, 1.807) is 32.0 Å². The summed E-state index contributed by atoms with van der Waals surface area (Å²) in [6, 6.07) is 10.7. The fourth-order valence-corrected chi connectivity index (χ4v) is 3.75. The largest absolute Gasteiger partial charge is 0.486 e. The summed E-state index contributed by atoms with van der Waals surface area (Å²) in [5, 5.41) is 6.19. The molecule has 1 atom stereocenters. The van der Waals surface area contributed by atoms with Crippen molar-refractivity contribution in [1.29, 1.82) is 0 Å². The second-order valence-corrected chi connectivity index (χ2v) is 7.76. The van der Waals surface area contributed by atoms with Gasteiger partial charge in [0.2, 0.25) is 0 Å². The molecule has 0 spiro atoms. The number of ether oxygens (including phenoxy) is 2. The first-order chi connectivity index (χ1) is 14.4. The highest BCUT2D eigenvalue weighted by molar-refractivity contribution is 7.13. The number of thiazole rings is 1. The van der Waals surface area contributed by atoms with Crippen LogP contribution in [-0.4, -0.2) is 22.9 Å². The molecule has 2 N–H and O–H groups in total. The minimum Gasteiger partial charge on any atom is -0.486 e. The lowest BCUT2D eigenvalue weighted by atomic mass is 10.2. The van der Waals surface area contributed by atoms with Crippen LogP contribution in [0.15, 0.2) is 42.5 Å². The average molecular weight is 427 g/mol. The second-order valence-electron chi connectivity index (χ2n) is 6.68. The lowest BCUT2D eigenvalue weighted by Gasteiger charge is -2.23. The van der Waals surface area contributed by atoms with Crippen LogP contribution < -0.4 is 20.1 Å². The van der Waals surface area contributed by atoms with E-state index >= 15 is 0 Å². The summed E-state index contributed by atoms with van der Waals surface area (Å²) < 4.78 is 24.1. The highest BCUT2D eigenvalue weighted by Crippen LogP contribution is 2.32. The number of hydrogen-bond acceptors (Lipinski definition) is 6. The van der Waals surface area contributed by atoms with Gasteiger partial charge in [-0.3, -0.25) is 9.59 Å². The smallest absolute Gasteiger partial charge is 0.267 e. The van der Waals surface area contributed by atoms with Crippen LogP contribution in [0.2, 0.25) is 0 Å². The topological polar surface area (TPSA) is 89.5 Å². The zero-order valence-corrected chi connectivity index (χ0v) is 17.0. The summed E-state index contributed by atoms with van der Waals surface area (Å²) in [5.41, 5.74) is 1.61. The monoisotopic (exact) mass is 427 g/mol. The van der Waals surface area contributed by atoms with Gasteiger partial charge in [-0.05, 0) is 56.3 Å². The quantitative estimate of drug-likeness (QED) is 0.639. The Hall–Kier alpha value is -3.46. The number of aromatic nitrogens is 1. The summed E-state index contributed by atoms with van der Waals surface area (Å²) in [4.78, 5) is 29.3. The van der Waals surface area contributed by atoms with E-state index in [9.17, 15) is 14.0 Å². The Morgan fingerprint density at radius 3 is 2.83 bits per heavy atom. The summed E-state index contributed by atoms with van der Waals surface area (Å²) in [7, 11) is 0. The maximum absolute atomic E-state index is 13.0. The molecular weight excluding hydrogens is 409 g/mol. The van der Waals surface area contributed by atoms with Crippen LogP contribution in [0.5, 0.6) is 11.5 Å². The zero-order valence-electron chi connectivity index (χ0n) is 16.2. The lowest BCUT2D eigenvalue weighted by Crippen LogP contribution is -2.34. The van der Waals surface area contributed by atoms with Crippen molar-refractivity contribution in [3.8, 4) is 11.5 Å². The fourth-order valence-electron chi connectivity index (χ4n) is 2.87. The van der Waals surface area contributed by atoms with E-state index in [0.29, 0.717) is 38.5 Å². The van der Waals surface area contributed by atoms with Gasteiger partial charge >= 0.3 is 0 Å². The highest BCUT2D eigenvalue weighted by Gasteiger charge is 2.24. The van der Waals surface area contributed by atoms with Gasteiger partial charge in [0, 0.05) is 5.69 Å². The van der Waals surface area contributed by atoms with Gasteiger partial charge in [0.25, 0.3) is 11.8 Å². The second kappa shape index (κ2) is 8.11. The van der Waals surface area contributed by atoms with Gasteiger partial charge < -0.3 is 20.1 Å². The molecule has 2 amide bonds. The Kier molecular flexibility index (Phi) is 5.37. The summed E-state index contributed by atoms with van der Waals surface area (Å²) in [5.74, 6) is 0.177. The third-order valence-electron chi connectivity index (χ3n) is 4.39. The van der Waals surface area contributed by atoms with Crippen LogP contribution in [0.1, 0.15) is 27.3 Å². The van der Waals surface area contributed by atoms with E-state index in [1.165, 1.54) is 35.6 Å². The van der Waals surface area contributed by atoms with Crippen LogP contribution in [-0.2, 0) is 11.4 Å². The molecule has 4 rings (SSSR count). The van der Waals surface area contributed by atoms with E-state index < -0.39 is 6.10 Å². The molecule has 30 heavy (non-hydrogen) atoms. The number of nitrogens with one attached hydrogen (secondary N) is 2. The minimum atomic E-state index is -0.562. The normalized spacial score (nSPS) is 15.0. The number of rotatable bonds is 5. The van der Waals surface area contributed by atoms with Crippen molar-refractivity contribution in [2.45, 2.75) is 26.6 Å². The van der Waals surface area contributed by atoms with Gasteiger partial charge in [0.1, 0.15) is 33.8 Å². The Balaban J connectivity index is 1.43. The van der Waals surface area contributed by atoms with Crippen LogP contribution in [0.25, 0.3) is 0 Å². The molecule has 1 aliphatic heterocycles. The van der Waals surface area contributed by atoms with Crippen LogP contribution >= 0.6 is 11.3 Å². The molecule has 0 unspecified atom stereocenters. The Bertz CT molecular complexity index is 1110.